The molecule has 0 aliphatic carbocycles. The fraction of sp³-hybridized carbons (Fsp3) is 0.0213. The van der Waals surface area contributed by atoms with E-state index in [2.05, 4.69) is 105 Å². The molecule has 0 saturated carbocycles. The summed E-state index contributed by atoms with van der Waals surface area (Å²) < 4.78 is 12.9. The molecule has 0 aliphatic rings. The number of rotatable bonds is 7. The number of nitrogens with zero attached hydrogens (tertiary/aromatic N) is 2. The van der Waals surface area contributed by atoms with Crippen LogP contribution in [0.3, 0.4) is 0 Å². The second kappa shape index (κ2) is 12.6. The molecule has 51 heavy (non-hydrogen) atoms. The summed E-state index contributed by atoms with van der Waals surface area (Å²) in [5.41, 5.74) is 12.5. The average molecular weight is 657 g/mol. The summed E-state index contributed by atoms with van der Waals surface area (Å²) in [4.78, 5) is 10.0. The lowest BCUT2D eigenvalue weighted by molar-refractivity contribution is 0.633. The van der Waals surface area contributed by atoms with Gasteiger partial charge in [-0.05, 0) is 77.7 Å². The van der Waals surface area contributed by atoms with Crippen molar-refractivity contribution >= 4 is 49.5 Å². The molecular weight excluding hydrogens is 625 g/mol. The van der Waals surface area contributed by atoms with Crippen LogP contribution in [0, 0.1) is 0 Å². The van der Waals surface area contributed by atoms with Crippen molar-refractivity contribution in [1.82, 2.24) is 9.97 Å². The monoisotopic (exact) mass is 656 g/mol. The molecule has 9 aromatic rings. The first-order valence-corrected chi connectivity index (χ1v) is 17.0. The average Bonchev–Trinajstić information content (AvgIpc) is 3.76. The van der Waals surface area contributed by atoms with Gasteiger partial charge >= 0.3 is 0 Å². The molecule has 0 atom stereocenters. The molecule has 0 spiro atoms. The van der Waals surface area contributed by atoms with Crippen LogP contribution in [0.1, 0.15) is 12.5 Å². The molecule has 0 saturated heterocycles. The molecule has 4 heteroatoms. The van der Waals surface area contributed by atoms with E-state index in [0.717, 1.165) is 88.6 Å². The largest absolute Gasteiger partial charge is 0.452 e. The minimum atomic E-state index is 0.698. The lowest BCUT2D eigenvalue weighted by atomic mass is 9.99. The van der Waals surface area contributed by atoms with Gasteiger partial charge in [-0.15, -0.1) is 0 Å². The highest BCUT2D eigenvalue weighted by atomic mass is 16.4. The summed E-state index contributed by atoms with van der Waals surface area (Å²) in [7, 11) is 0. The summed E-state index contributed by atoms with van der Waals surface area (Å²) in [5.74, 6) is 0.698. The summed E-state index contributed by atoms with van der Waals surface area (Å²) in [6.45, 7) is 5.87. The highest BCUT2D eigenvalue weighted by Gasteiger charge is 2.18. The second-order valence-corrected chi connectivity index (χ2v) is 12.7. The number of aromatic nitrogens is 2. The maximum atomic E-state index is 6.49. The SMILES string of the molecule is C=C/C=C\C=C(/C)c1ccc2oc3c(ccc4c5cc(-c6cccc(-c7cc(-c8ccccc8)nc(-c8ccccc8)n7)c6)ccc5oc43)c2c1. The van der Waals surface area contributed by atoms with E-state index < -0.39 is 0 Å². The number of fused-ring (bicyclic) bond motifs is 7. The van der Waals surface area contributed by atoms with E-state index in [1.165, 1.54) is 5.57 Å². The predicted octanol–water partition coefficient (Wildman–Crippen LogP) is 13.1. The number of hydrogen-bond acceptors (Lipinski definition) is 4. The summed E-state index contributed by atoms with van der Waals surface area (Å²) in [6, 6.07) is 48.0. The van der Waals surface area contributed by atoms with Crippen LogP contribution in [-0.4, -0.2) is 9.97 Å². The molecule has 0 fully saturated rings. The zero-order valence-electron chi connectivity index (χ0n) is 28.0. The van der Waals surface area contributed by atoms with Crippen molar-refractivity contribution in [2.75, 3.05) is 0 Å². The Labute approximate surface area is 295 Å². The van der Waals surface area contributed by atoms with Crippen LogP contribution in [0.2, 0.25) is 0 Å². The van der Waals surface area contributed by atoms with Crippen molar-refractivity contribution in [2.24, 2.45) is 0 Å². The van der Waals surface area contributed by atoms with Crippen molar-refractivity contribution in [3.63, 3.8) is 0 Å². The number of furan rings is 2. The van der Waals surface area contributed by atoms with Crippen molar-refractivity contribution in [2.45, 2.75) is 6.92 Å². The Morgan fingerprint density at radius 2 is 1.10 bits per heavy atom. The molecule has 0 unspecified atom stereocenters. The Morgan fingerprint density at radius 3 is 1.80 bits per heavy atom. The fourth-order valence-electron chi connectivity index (χ4n) is 6.79. The predicted molar refractivity (Wildman–Crippen MR) is 211 cm³/mol. The van der Waals surface area contributed by atoms with Crippen molar-refractivity contribution in [3.8, 4) is 45.0 Å². The Hall–Kier alpha value is -6.78. The van der Waals surface area contributed by atoms with E-state index in [1.807, 2.05) is 66.7 Å². The van der Waals surface area contributed by atoms with Crippen LogP contribution in [-0.2, 0) is 0 Å². The third-order valence-electron chi connectivity index (χ3n) is 9.44. The molecule has 4 nitrogen and oxygen atoms in total. The highest BCUT2D eigenvalue weighted by Crippen LogP contribution is 2.41. The Morgan fingerprint density at radius 1 is 0.510 bits per heavy atom. The summed E-state index contributed by atoms with van der Waals surface area (Å²) in [5, 5.41) is 4.17. The van der Waals surface area contributed by atoms with E-state index in [-0.39, 0.29) is 0 Å². The third kappa shape index (κ3) is 5.53. The Bertz CT molecular complexity index is 2760. The van der Waals surface area contributed by atoms with Crippen LogP contribution < -0.4 is 0 Å². The van der Waals surface area contributed by atoms with Crippen LogP contribution in [0.4, 0.5) is 0 Å². The first kappa shape index (κ1) is 30.3. The molecule has 3 heterocycles. The van der Waals surface area contributed by atoms with Crippen LogP contribution in [0.15, 0.2) is 179 Å². The molecular formula is C47H32N2O2. The fourth-order valence-corrected chi connectivity index (χ4v) is 6.79. The van der Waals surface area contributed by atoms with Gasteiger partial charge in [0.2, 0.25) is 0 Å². The standard InChI is InChI=1S/C47H32N2O2/c1-3-4-7-13-30(2)33-20-24-43-39(27-33)37-22-23-38-40-28-35(21-25-44(40)51-46(38)45(37)50-43)34-18-12-19-36(26-34)42-29-41(31-14-8-5-9-15-31)48-47(49-42)32-16-10-6-11-17-32/h3-29H,1H2,2H3/b7-4-,30-13+. The number of benzene rings is 6. The molecule has 242 valence electrons. The van der Waals surface area contributed by atoms with Gasteiger partial charge in [-0.3, -0.25) is 0 Å². The van der Waals surface area contributed by atoms with Gasteiger partial charge in [0, 0.05) is 38.2 Å². The zero-order chi connectivity index (χ0) is 34.3. The lowest BCUT2D eigenvalue weighted by Crippen LogP contribution is -1.96. The van der Waals surface area contributed by atoms with Gasteiger partial charge in [0.15, 0.2) is 17.0 Å². The molecule has 0 amide bonds. The van der Waals surface area contributed by atoms with Crippen molar-refractivity contribution < 1.29 is 8.83 Å². The molecule has 0 bridgehead atoms. The highest BCUT2D eigenvalue weighted by molar-refractivity contribution is 6.19. The van der Waals surface area contributed by atoms with Gasteiger partial charge in [-0.2, -0.15) is 0 Å². The molecule has 6 aromatic carbocycles. The summed E-state index contributed by atoms with van der Waals surface area (Å²) >= 11 is 0. The van der Waals surface area contributed by atoms with Gasteiger partial charge in [0.25, 0.3) is 0 Å². The first-order valence-electron chi connectivity index (χ1n) is 17.0. The Balaban J connectivity index is 1.12. The van der Waals surface area contributed by atoms with Gasteiger partial charge in [0.05, 0.1) is 11.4 Å². The van der Waals surface area contributed by atoms with E-state index in [1.54, 1.807) is 6.08 Å². The van der Waals surface area contributed by atoms with Gasteiger partial charge in [0.1, 0.15) is 11.2 Å². The van der Waals surface area contributed by atoms with Crippen molar-refractivity contribution in [3.05, 3.63) is 176 Å². The van der Waals surface area contributed by atoms with E-state index in [4.69, 9.17) is 18.8 Å². The number of allylic oxidation sites excluding steroid dienone is 5. The normalized spacial score (nSPS) is 12.1. The molecule has 0 aliphatic heterocycles. The minimum Gasteiger partial charge on any atom is -0.452 e. The quantitative estimate of drug-likeness (QED) is 0.160. The molecule has 9 rings (SSSR count). The van der Waals surface area contributed by atoms with E-state index in [9.17, 15) is 0 Å². The molecule has 0 N–H and O–H groups in total. The topological polar surface area (TPSA) is 52.1 Å². The summed E-state index contributed by atoms with van der Waals surface area (Å²) in [6.07, 6.45) is 7.80. The maximum Gasteiger partial charge on any atom is 0.178 e. The smallest absolute Gasteiger partial charge is 0.178 e. The van der Waals surface area contributed by atoms with E-state index in [0.29, 0.717) is 5.82 Å². The second-order valence-electron chi connectivity index (χ2n) is 12.7. The zero-order valence-corrected chi connectivity index (χ0v) is 28.0. The minimum absolute atomic E-state index is 0.698. The van der Waals surface area contributed by atoms with Gasteiger partial charge in [-0.1, -0.05) is 122 Å². The number of hydrogen-bond donors (Lipinski definition) is 0. The van der Waals surface area contributed by atoms with E-state index >= 15 is 0 Å². The maximum absolute atomic E-state index is 6.49. The van der Waals surface area contributed by atoms with Crippen LogP contribution in [0.5, 0.6) is 0 Å². The van der Waals surface area contributed by atoms with Gasteiger partial charge in [-0.25, -0.2) is 9.97 Å². The van der Waals surface area contributed by atoms with Crippen molar-refractivity contribution in [1.29, 1.82) is 0 Å². The van der Waals surface area contributed by atoms with Crippen LogP contribution in [0.25, 0.3) is 94.5 Å². The van der Waals surface area contributed by atoms with Crippen LogP contribution >= 0.6 is 0 Å². The third-order valence-corrected chi connectivity index (χ3v) is 9.44. The molecule has 3 aromatic heterocycles. The van der Waals surface area contributed by atoms with Gasteiger partial charge < -0.3 is 8.83 Å². The first-order chi connectivity index (χ1) is 25.1. The Kier molecular flexibility index (Phi) is 7.48. The molecule has 0 radical (unpaired) electrons. The lowest BCUT2D eigenvalue weighted by Gasteiger charge is -2.10.